The second-order valence-electron chi connectivity index (χ2n) is 6.62. The zero-order chi connectivity index (χ0) is 19.5. The molecule has 144 valence electrons. The van der Waals surface area contributed by atoms with Crippen LogP contribution in [0.5, 0.6) is 0 Å². The number of aromatic amines is 1. The number of nitrogens with zero attached hydrogens (tertiary/aromatic N) is 3. The molecule has 1 aliphatic rings. The standard InChI is InChI=1S/C20H19ClN4O2S/c21-17-18(23-19(24-20(17)26)15-6-10-22-11-7-15)14-8-12-25(13-9-14)28(27)16-4-2-1-3-5-16/h1-7,10-11,14H,8-9,12-13H2,(H,23,24,26). The van der Waals surface area contributed by atoms with E-state index >= 15 is 0 Å². The molecule has 0 spiro atoms. The molecule has 0 bridgehead atoms. The summed E-state index contributed by atoms with van der Waals surface area (Å²) < 4.78 is 14.7. The van der Waals surface area contributed by atoms with Crippen LogP contribution in [0, 0.1) is 0 Å². The van der Waals surface area contributed by atoms with E-state index in [1.54, 1.807) is 24.5 Å². The van der Waals surface area contributed by atoms with E-state index in [-0.39, 0.29) is 16.5 Å². The lowest BCUT2D eigenvalue weighted by Crippen LogP contribution is -2.35. The molecular weight excluding hydrogens is 396 g/mol. The van der Waals surface area contributed by atoms with Crippen LogP contribution in [0.15, 0.2) is 64.5 Å². The Morgan fingerprint density at radius 1 is 1.07 bits per heavy atom. The summed E-state index contributed by atoms with van der Waals surface area (Å²) in [7, 11) is -1.18. The number of hydrogen-bond donors (Lipinski definition) is 1. The summed E-state index contributed by atoms with van der Waals surface area (Å²) >= 11 is 6.29. The smallest absolute Gasteiger partial charge is 0.270 e. The van der Waals surface area contributed by atoms with Gasteiger partial charge in [-0.25, -0.2) is 13.5 Å². The van der Waals surface area contributed by atoms with Crippen LogP contribution in [0.2, 0.25) is 5.02 Å². The van der Waals surface area contributed by atoms with Gasteiger partial charge in [-0.2, -0.15) is 0 Å². The van der Waals surface area contributed by atoms with Gasteiger partial charge in [-0.05, 0) is 37.1 Å². The van der Waals surface area contributed by atoms with E-state index in [0.717, 1.165) is 23.3 Å². The fraction of sp³-hybridized carbons (Fsp3) is 0.250. The topological polar surface area (TPSA) is 79.0 Å². The van der Waals surface area contributed by atoms with Crippen molar-refractivity contribution in [3.63, 3.8) is 0 Å². The largest absolute Gasteiger partial charge is 0.305 e. The highest BCUT2D eigenvalue weighted by Gasteiger charge is 2.28. The average molecular weight is 415 g/mol. The van der Waals surface area contributed by atoms with Gasteiger partial charge in [-0.1, -0.05) is 29.8 Å². The highest BCUT2D eigenvalue weighted by atomic mass is 35.5. The number of piperidine rings is 1. The SMILES string of the molecule is O=c1[nH]c(-c2ccncc2)nc(C2CCN(S(=O)c3ccccc3)CC2)c1Cl. The van der Waals surface area contributed by atoms with Crippen LogP contribution in [-0.4, -0.2) is 36.6 Å². The summed E-state index contributed by atoms with van der Waals surface area (Å²) in [6, 6.07) is 13.0. The Labute approximate surface area is 170 Å². The van der Waals surface area contributed by atoms with Crippen molar-refractivity contribution in [1.82, 2.24) is 19.3 Å². The van der Waals surface area contributed by atoms with Gasteiger partial charge >= 0.3 is 0 Å². The number of halogens is 1. The highest BCUT2D eigenvalue weighted by Crippen LogP contribution is 2.32. The van der Waals surface area contributed by atoms with E-state index in [0.29, 0.717) is 24.6 Å². The summed E-state index contributed by atoms with van der Waals surface area (Å²) in [5.74, 6) is 0.543. The zero-order valence-corrected chi connectivity index (χ0v) is 16.6. The van der Waals surface area contributed by atoms with Crippen molar-refractivity contribution in [3.05, 3.63) is 75.9 Å². The lowest BCUT2D eigenvalue weighted by atomic mass is 9.94. The van der Waals surface area contributed by atoms with Gasteiger partial charge in [-0.3, -0.25) is 9.78 Å². The van der Waals surface area contributed by atoms with Crippen molar-refractivity contribution in [2.24, 2.45) is 0 Å². The van der Waals surface area contributed by atoms with E-state index in [4.69, 9.17) is 11.6 Å². The maximum absolute atomic E-state index is 12.7. The normalized spacial score (nSPS) is 16.8. The maximum atomic E-state index is 12.7. The van der Waals surface area contributed by atoms with Gasteiger partial charge in [-0.15, -0.1) is 0 Å². The predicted octanol–water partition coefficient (Wildman–Crippen LogP) is 3.39. The fourth-order valence-electron chi connectivity index (χ4n) is 3.37. The molecule has 0 saturated carbocycles. The fourth-order valence-corrected chi connectivity index (χ4v) is 4.85. The van der Waals surface area contributed by atoms with E-state index in [2.05, 4.69) is 15.0 Å². The number of nitrogens with one attached hydrogen (secondary N) is 1. The summed E-state index contributed by atoms with van der Waals surface area (Å²) in [4.78, 5) is 24.5. The molecule has 1 saturated heterocycles. The number of aromatic nitrogens is 3. The van der Waals surface area contributed by atoms with Gasteiger partial charge in [0.25, 0.3) is 5.56 Å². The van der Waals surface area contributed by atoms with Gasteiger partial charge < -0.3 is 4.98 Å². The summed E-state index contributed by atoms with van der Waals surface area (Å²) in [5.41, 5.74) is 1.06. The van der Waals surface area contributed by atoms with Crippen molar-refractivity contribution in [1.29, 1.82) is 0 Å². The molecular formula is C20H19ClN4O2S. The summed E-state index contributed by atoms with van der Waals surface area (Å²) in [6.45, 7) is 1.31. The van der Waals surface area contributed by atoms with E-state index in [1.807, 2.05) is 34.6 Å². The van der Waals surface area contributed by atoms with Gasteiger partial charge in [0.1, 0.15) is 21.8 Å². The third kappa shape index (κ3) is 3.92. The molecule has 0 aliphatic carbocycles. The van der Waals surface area contributed by atoms with E-state index in [1.165, 1.54) is 0 Å². The first-order valence-electron chi connectivity index (χ1n) is 9.05. The molecule has 0 radical (unpaired) electrons. The molecule has 1 atom stereocenters. The van der Waals surface area contributed by atoms with Crippen LogP contribution in [0.3, 0.4) is 0 Å². The van der Waals surface area contributed by atoms with Crippen LogP contribution >= 0.6 is 11.6 Å². The minimum absolute atomic E-state index is 0.0550. The second kappa shape index (κ2) is 8.34. The molecule has 3 aromatic rings. The molecule has 1 fully saturated rings. The molecule has 6 nitrogen and oxygen atoms in total. The molecule has 8 heteroatoms. The highest BCUT2D eigenvalue weighted by molar-refractivity contribution is 7.82. The quantitative estimate of drug-likeness (QED) is 0.709. The molecule has 0 amide bonds. The molecule has 2 aromatic heterocycles. The summed E-state index contributed by atoms with van der Waals surface area (Å²) in [5, 5.41) is 0.139. The lowest BCUT2D eigenvalue weighted by molar-refractivity contribution is 0.331. The third-order valence-corrected chi connectivity index (χ3v) is 6.74. The molecule has 4 rings (SSSR count). The summed E-state index contributed by atoms with van der Waals surface area (Å²) in [6.07, 6.45) is 4.79. The minimum atomic E-state index is -1.18. The van der Waals surface area contributed by atoms with Crippen molar-refractivity contribution in [2.45, 2.75) is 23.7 Å². The molecule has 3 heterocycles. The number of pyridine rings is 1. The van der Waals surface area contributed by atoms with Crippen molar-refractivity contribution in [2.75, 3.05) is 13.1 Å². The molecule has 28 heavy (non-hydrogen) atoms. The predicted molar refractivity (Wildman–Crippen MR) is 109 cm³/mol. The Morgan fingerprint density at radius 3 is 2.43 bits per heavy atom. The minimum Gasteiger partial charge on any atom is -0.305 e. The van der Waals surface area contributed by atoms with Crippen LogP contribution < -0.4 is 5.56 Å². The molecule has 1 aromatic carbocycles. The monoisotopic (exact) mass is 414 g/mol. The Hall–Kier alpha value is -2.35. The number of H-pyrrole nitrogens is 1. The van der Waals surface area contributed by atoms with Crippen molar-refractivity contribution in [3.8, 4) is 11.4 Å². The van der Waals surface area contributed by atoms with Crippen LogP contribution in [0.1, 0.15) is 24.5 Å². The number of rotatable bonds is 4. The van der Waals surface area contributed by atoms with Gasteiger partial charge in [0.2, 0.25) is 0 Å². The van der Waals surface area contributed by atoms with Gasteiger partial charge in [0.05, 0.1) is 10.6 Å². The number of benzene rings is 1. The first-order chi connectivity index (χ1) is 13.6. The van der Waals surface area contributed by atoms with Crippen LogP contribution in [0.25, 0.3) is 11.4 Å². The van der Waals surface area contributed by atoms with Gasteiger partial charge in [0, 0.05) is 37.0 Å². The Morgan fingerprint density at radius 2 is 1.75 bits per heavy atom. The van der Waals surface area contributed by atoms with Gasteiger partial charge in [0.15, 0.2) is 0 Å². The van der Waals surface area contributed by atoms with Crippen molar-refractivity contribution >= 4 is 22.6 Å². The first-order valence-corrected chi connectivity index (χ1v) is 10.5. The number of hydrogen-bond acceptors (Lipinski definition) is 4. The van der Waals surface area contributed by atoms with Crippen LogP contribution in [0.4, 0.5) is 0 Å². The van der Waals surface area contributed by atoms with E-state index in [9.17, 15) is 9.00 Å². The molecule has 1 N–H and O–H groups in total. The van der Waals surface area contributed by atoms with Crippen molar-refractivity contribution < 1.29 is 4.21 Å². The zero-order valence-electron chi connectivity index (χ0n) is 15.0. The lowest BCUT2D eigenvalue weighted by Gasteiger charge is -2.30. The first kappa shape index (κ1) is 19.0. The van der Waals surface area contributed by atoms with E-state index < -0.39 is 11.0 Å². The molecule has 1 aliphatic heterocycles. The Kier molecular flexibility index (Phi) is 5.66. The Bertz CT molecular complexity index is 1040. The van der Waals surface area contributed by atoms with Crippen LogP contribution in [-0.2, 0) is 11.0 Å². The maximum Gasteiger partial charge on any atom is 0.270 e. The third-order valence-electron chi connectivity index (χ3n) is 4.86. The average Bonchev–Trinajstić information content (AvgIpc) is 2.76. The second-order valence-corrected chi connectivity index (χ2v) is 8.48. The Balaban J connectivity index is 1.54. The molecule has 1 unspecified atom stereocenters.